The van der Waals surface area contributed by atoms with E-state index in [1.165, 1.54) is 5.56 Å². The van der Waals surface area contributed by atoms with Gasteiger partial charge in [-0.15, -0.1) is 0 Å². The van der Waals surface area contributed by atoms with Gasteiger partial charge in [-0.2, -0.15) is 0 Å². The third kappa shape index (κ3) is 1.58. The molecule has 0 fully saturated rings. The lowest BCUT2D eigenvalue weighted by Gasteiger charge is -1.91. The van der Waals surface area contributed by atoms with Crippen LogP contribution in [0.1, 0.15) is 12.5 Å². The Hall–Kier alpha value is -0.240. The van der Waals surface area contributed by atoms with Gasteiger partial charge in [0.05, 0.1) is 0 Å². The molecule has 0 bridgehead atoms. The summed E-state index contributed by atoms with van der Waals surface area (Å²) in [4.78, 5) is 0. The van der Waals surface area contributed by atoms with Crippen molar-refractivity contribution >= 4 is 15.9 Å². The maximum absolute atomic E-state index is 3.39. The van der Waals surface area contributed by atoms with E-state index in [1.54, 1.807) is 0 Å². The summed E-state index contributed by atoms with van der Waals surface area (Å²) >= 11 is 3.39. The second-order valence-electron chi connectivity index (χ2n) is 1.98. The highest BCUT2D eigenvalue weighted by atomic mass is 79.9. The quantitative estimate of drug-likeness (QED) is 0.628. The van der Waals surface area contributed by atoms with E-state index in [0.29, 0.717) is 0 Å². The number of aryl methyl sites for hydroxylation is 1. The number of hydrogen-bond donors (Lipinski definition) is 0. The molecule has 0 aromatic carbocycles. The Morgan fingerprint density at radius 2 is 2.44 bits per heavy atom. The first-order valence-corrected chi connectivity index (χ1v) is 4.19. The summed E-state index contributed by atoms with van der Waals surface area (Å²) < 4.78 is 2.16. The summed E-state index contributed by atoms with van der Waals surface area (Å²) in [5.74, 6) is 0. The summed E-state index contributed by atoms with van der Waals surface area (Å²) in [6, 6.07) is 2.12. The van der Waals surface area contributed by atoms with Gasteiger partial charge >= 0.3 is 0 Å². The molecule has 0 aliphatic heterocycles. The normalized spacial score (nSPS) is 10.0. The van der Waals surface area contributed by atoms with Gasteiger partial charge < -0.3 is 4.57 Å². The van der Waals surface area contributed by atoms with Crippen molar-refractivity contribution in [2.45, 2.75) is 18.8 Å². The minimum absolute atomic E-state index is 0.958. The number of nitrogens with zero attached hydrogens (tertiary/aromatic N) is 1. The van der Waals surface area contributed by atoms with Crippen molar-refractivity contribution in [1.82, 2.24) is 4.57 Å². The lowest BCUT2D eigenvalue weighted by Crippen LogP contribution is -1.86. The number of rotatable bonds is 2. The van der Waals surface area contributed by atoms with Crippen molar-refractivity contribution < 1.29 is 0 Å². The van der Waals surface area contributed by atoms with Gasteiger partial charge in [0.1, 0.15) is 0 Å². The number of hydrogen-bond acceptors (Lipinski definition) is 0. The minimum atomic E-state index is 0.958. The summed E-state index contributed by atoms with van der Waals surface area (Å²) in [7, 11) is 0. The number of halogens is 1. The number of alkyl halides is 1. The van der Waals surface area contributed by atoms with E-state index in [1.807, 2.05) is 0 Å². The van der Waals surface area contributed by atoms with Crippen LogP contribution in [0.25, 0.3) is 0 Å². The molecular weight excluding hydrogens is 178 g/mol. The molecule has 50 valence electrons. The first-order valence-electron chi connectivity index (χ1n) is 3.07. The van der Waals surface area contributed by atoms with Crippen molar-refractivity contribution in [2.24, 2.45) is 0 Å². The smallest absolute Gasteiger partial charge is 0.0298 e. The van der Waals surface area contributed by atoms with E-state index in [9.17, 15) is 0 Å². The molecular formula is C7H10BrN. The highest BCUT2D eigenvalue weighted by molar-refractivity contribution is 9.08. The van der Waals surface area contributed by atoms with Crippen molar-refractivity contribution in [1.29, 1.82) is 0 Å². The van der Waals surface area contributed by atoms with Crippen LogP contribution in [0.3, 0.4) is 0 Å². The SMILES string of the molecule is CCn1ccc(CBr)c1. The zero-order valence-electron chi connectivity index (χ0n) is 5.47. The summed E-state index contributed by atoms with van der Waals surface area (Å²) in [6.45, 7) is 3.20. The second-order valence-corrected chi connectivity index (χ2v) is 2.54. The fourth-order valence-electron chi connectivity index (χ4n) is 0.766. The van der Waals surface area contributed by atoms with Gasteiger partial charge in [0, 0.05) is 24.3 Å². The average Bonchev–Trinajstić information content (AvgIpc) is 2.34. The molecule has 9 heavy (non-hydrogen) atoms. The van der Waals surface area contributed by atoms with Crippen LogP contribution in [-0.4, -0.2) is 4.57 Å². The van der Waals surface area contributed by atoms with Crippen LogP contribution in [0.2, 0.25) is 0 Å². The van der Waals surface area contributed by atoms with E-state index in [4.69, 9.17) is 0 Å². The van der Waals surface area contributed by atoms with Crippen molar-refractivity contribution in [2.75, 3.05) is 0 Å². The Bertz CT molecular complexity index is 162. The Labute approximate surface area is 63.8 Å². The Balaban J connectivity index is 2.74. The molecule has 1 heterocycles. The Morgan fingerprint density at radius 3 is 2.78 bits per heavy atom. The molecule has 0 atom stereocenters. The lowest BCUT2D eigenvalue weighted by molar-refractivity contribution is 0.767. The maximum Gasteiger partial charge on any atom is 0.0298 e. The van der Waals surface area contributed by atoms with E-state index in [2.05, 4.69) is 45.9 Å². The standard InChI is InChI=1S/C7H10BrN/c1-2-9-4-3-7(5-8)6-9/h3-4,6H,2,5H2,1H3. The molecule has 0 aliphatic rings. The van der Waals surface area contributed by atoms with Gasteiger partial charge in [-0.25, -0.2) is 0 Å². The molecule has 1 aromatic heterocycles. The minimum Gasteiger partial charge on any atom is -0.354 e. The van der Waals surface area contributed by atoms with E-state index < -0.39 is 0 Å². The van der Waals surface area contributed by atoms with Crippen LogP contribution in [-0.2, 0) is 11.9 Å². The summed E-state index contributed by atoms with van der Waals surface area (Å²) in [5, 5.41) is 0.958. The number of aromatic nitrogens is 1. The molecule has 0 saturated carbocycles. The van der Waals surface area contributed by atoms with E-state index in [0.717, 1.165) is 11.9 Å². The molecule has 0 N–H and O–H groups in total. The molecule has 0 spiro atoms. The molecule has 1 rings (SSSR count). The van der Waals surface area contributed by atoms with Crippen molar-refractivity contribution in [3.63, 3.8) is 0 Å². The van der Waals surface area contributed by atoms with Crippen molar-refractivity contribution in [3.8, 4) is 0 Å². The topological polar surface area (TPSA) is 4.93 Å². The molecule has 1 nitrogen and oxygen atoms in total. The molecule has 0 saturated heterocycles. The highest BCUT2D eigenvalue weighted by Crippen LogP contribution is 2.04. The zero-order chi connectivity index (χ0) is 6.69. The molecule has 0 unspecified atom stereocenters. The van der Waals surface area contributed by atoms with Gasteiger partial charge in [-0.3, -0.25) is 0 Å². The van der Waals surface area contributed by atoms with Crippen LogP contribution >= 0.6 is 15.9 Å². The molecule has 0 radical (unpaired) electrons. The van der Waals surface area contributed by atoms with Gasteiger partial charge in [0.2, 0.25) is 0 Å². The van der Waals surface area contributed by atoms with Crippen molar-refractivity contribution in [3.05, 3.63) is 24.0 Å². The molecule has 0 aliphatic carbocycles. The monoisotopic (exact) mass is 187 g/mol. The maximum atomic E-state index is 3.39. The third-order valence-corrected chi connectivity index (χ3v) is 1.98. The average molecular weight is 188 g/mol. The van der Waals surface area contributed by atoms with Crippen LogP contribution in [0.5, 0.6) is 0 Å². The van der Waals surface area contributed by atoms with Crippen LogP contribution < -0.4 is 0 Å². The first kappa shape index (κ1) is 6.87. The summed E-state index contributed by atoms with van der Waals surface area (Å²) in [6.07, 6.45) is 4.24. The highest BCUT2D eigenvalue weighted by Gasteiger charge is 1.90. The molecule has 0 amide bonds. The fourth-order valence-corrected chi connectivity index (χ4v) is 1.10. The predicted molar refractivity (Wildman–Crippen MR) is 42.7 cm³/mol. The Morgan fingerprint density at radius 1 is 1.67 bits per heavy atom. The zero-order valence-corrected chi connectivity index (χ0v) is 7.06. The van der Waals surface area contributed by atoms with Crippen LogP contribution in [0.15, 0.2) is 18.5 Å². The lowest BCUT2D eigenvalue weighted by atomic mass is 10.4. The fraction of sp³-hybridized carbons (Fsp3) is 0.429. The third-order valence-electron chi connectivity index (χ3n) is 1.33. The van der Waals surface area contributed by atoms with E-state index in [-0.39, 0.29) is 0 Å². The van der Waals surface area contributed by atoms with Gasteiger partial charge in [-0.05, 0) is 18.6 Å². The van der Waals surface area contributed by atoms with Crippen LogP contribution in [0.4, 0.5) is 0 Å². The van der Waals surface area contributed by atoms with Gasteiger partial charge in [-0.1, -0.05) is 15.9 Å². The second kappa shape index (κ2) is 3.06. The molecule has 2 heteroatoms. The molecule has 1 aromatic rings. The first-order chi connectivity index (χ1) is 4.36. The largest absolute Gasteiger partial charge is 0.354 e. The van der Waals surface area contributed by atoms with E-state index >= 15 is 0 Å². The van der Waals surface area contributed by atoms with Gasteiger partial charge in [0.15, 0.2) is 0 Å². The Kier molecular flexibility index (Phi) is 2.34. The van der Waals surface area contributed by atoms with Gasteiger partial charge in [0.25, 0.3) is 0 Å². The van der Waals surface area contributed by atoms with Crippen LogP contribution in [0, 0.1) is 0 Å². The summed E-state index contributed by atoms with van der Waals surface area (Å²) in [5.41, 5.74) is 1.34. The predicted octanol–water partition coefficient (Wildman–Crippen LogP) is 2.40.